The van der Waals surface area contributed by atoms with E-state index in [1.807, 2.05) is 6.07 Å². The molecule has 1 amide bonds. The maximum atomic E-state index is 12.7. The number of carbonyl (C=O) groups is 1. The van der Waals surface area contributed by atoms with E-state index in [0.717, 1.165) is 52.0 Å². The van der Waals surface area contributed by atoms with Crippen LogP contribution in [-0.2, 0) is 20.9 Å². The van der Waals surface area contributed by atoms with E-state index in [-0.39, 0.29) is 5.92 Å². The van der Waals surface area contributed by atoms with Crippen molar-refractivity contribution in [3.05, 3.63) is 35.9 Å². The van der Waals surface area contributed by atoms with E-state index in [2.05, 4.69) is 29.2 Å². The largest absolute Gasteiger partial charge is 0.381 e. The molecule has 2 heterocycles. The number of hydrogen-bond acceptors (Lipinski definition) is 3. The SMILES string of the molecule is O=C(C1CCOCC1)N1C[C@H]2CC(OCc3ccccc3)C[C@H]2C1. The fourth-order valence-electron chi connectivity index (χ4n) is 4.55. The Morgan fingerprint density at radius 3 is 2.42 bits per heavy atom. The van der Waals surface area contributed by atoms with Gasteiger partial charge < -0.3 is 14.4 Å². The first-order valence-electron chi connectivity index (χ1n) is 9.31. The molecule has 1 aromatic rings. The highest BCUT2D eigenvalue weighted by Crippen LogP contribution is 2.40. The highest BCUT2D eigenvalue weighted by atomic mass is 16.5. The molecule has 0 aromatic heterocycles. The molecule has 1 aliphatic carbocycles. The Bertz CT molecular complexity index is 541. The summed E-state index contributed by atoms with van der Waals surface area (Å²) < 4.78 is 11.5. The van der Waals surface area contributed by atoms with Crippen LogP contribution >= 0.6 is 0 Å². The molecule has 4 nitrogen and oxygen atoms in total. The summed E-state index contributed by atoms with van der Waals surface area (Å²) in [5, 5.41) is 0. The van der Waals surface area contributed by atoms with Crippen molar-refractivity contribution in [2.45, 2.75) is 38.4 Å². The first-order valence-corrected chi connectivity index (χ1v) is 9.31. The number of nitrogens with zero attached hydrogens (tertiary/aromatic N) is 1. The number of benzene rings is 1. The van der Waals surface area contributed by atoms with Gasteiger partial charge in [-0.1, -0.05) is 30.3 Å². The molecular weight excluding hydrogens is 302 g/mol. The zero-order valence-corrected chi connectivity index (χ0v) is 14.2. The third-order valence-corrected chi connectivity index (χ3v) is 5.92. The average Bonchev–Trinajstić information content (AvgIpc) is 3.19. The number of ether oxygens (including phenoxy) is 2. The average molecular weight is 329 g/mol. The topological polar surface area (TPSA) is 38.8 Å². The zero-order chi connectivity index (χ0) is 16.4. The van der Waals surface area contributed by atoms with Crippen LogP contribution in [0.15, 0.2) is 30.3 Å². The molecule has 3 aliphatic rings. The van der Waals surface area contributed by atoms with Crippen LogP contribution in [0.25, 0.3) is 0 Å². The molecule has 0 N–H and O–H groups in total. The lowest BCUT2D eigenvalue weighted by atomic mass is 9.99. The molecule has 1 aromatic carbocycles. The molecule has 3 fully saturated rings. The van der Waals surface area contributed by atoms with Gasteiger partial charge in [-0.3, -0.25) is 4.79 Å². The fraction of sp³-hybridized carbons (Fsp3) is 0.650. The van der Waals surface area contributed by atoms with Crippen molar-refractivity contribution in [2.75, 3.05) is 26.3 Å². The smallest absolute Gasteiger partial charge is 0.225 e. The predicted molar refractivity (Wildman–Crippen MR) is 91.4 cm³/mol. The predicted octanol–water partition coefficient (Wildman–Crippen LogP) is 2.87. The first kappa shape index (κ1) is 16.1. The maximum absolute atomic E-state index is 12.7. The number of fused-ring (bicyclic) bond motifs is 1. The van der Waals surface area contributed by atoms with Gasteiger partial charge >= 0.3 is 0 Å². The first-order chi connectivity index (χ1) is 11.8. The number of rotatable bonds is 4. The monoisotopic (exact) mass is 329 g/mol. The number of hydrogen-bond donors (Lipinski definition) is 0. The lowest BCUT2D eigenvalue weighted by molar-refractivity contribution is -0.137. The normalized spacial score (nSPS) is 30.5. The molecule has 3 atom stereocenters. The van der Waals surface area contributed by atoms with E-state index in [1.54, 1.807) is 0 Å². The van der Waals surface area contributed by atoms with Gasteiger partial charge in [-0.15, -0.1) is 0 Å². The highest BCUT2D eigenvalue weighted by Gasteiger charge is 2.43. The Balaban J connectivity index is 1.25. The minimum absolute atomic E-state index is 0.197. The summed E-state index contributed by atoms with van der Waals surface area (Å²) in [5.41, 5.74) is 1.24. The summed E-state index contributed by atoms with van der Waals surface area (Å²) in [6, 6.07) is 10.4. The molecular formula is C20H27NO3. The second-order valence-corrected chi connectivity index (χ2v) is 7.54. The van der Waals surface area contributed by atoms with Crippen LogP contribution in [-0.4, -0.2) is 43.2 Å². The third kappa shape index (κ3) is 3.50. The molecule has 4 heteroatoms. The van der Waals surface area contributed by atoms with Crippen LogP contribution in [0.5, 0.6) is 0 Å². The van der Waals surface area contributed by atoms with Crippen LogP contribution in [0.2, 0.25) is 0 Å². The summed E-state index contributed by atoms with van der Waals surface area (Å²) >= 11 is 0. The van der Waals surface area contributed by atoms with E-state index in [0.29, 0.717) is 30.5 Å². The summed E-state index contributed by atoms with van der Waals surface area (Å²) in [6.07, 6.45) is 4.37. The Labute approximate surface area is 144 Å². The lowest BCUT2D eigenvalue weighted by Gasteiger charge is -2.27. The molecule has 1 unspecified atom stereocenters. The van der Waals surface area contributed by atoms with Crippen molar-refractivity contribution in [1.82, 2.24) is 4.90 Å². The van der Waals surface area contributed by atoms with Crippen molar-refractivity contribution in [3.8, 4) is 0 Å². The fourth-order valence-corrected chi connectivity index (χ4v) is 4.55. The van der Waals surface area contributed by atoms with Gasteiger partial charge in [-0.05, 0) is 43.1 Å². The van der Waals surface area contributed by atoms with Crippen LogP contribution in [0.3, 0.4) is 0 Å². The van der Waals surface area contributed by atoms with Crippen LogP contribution < -0.4 is 0 Å². The summed E-state index contributed by atoms with van der Waals surface area (Å²) in [5.74, 6) is 1.83. The van der Waals surface area contributed by atoms with Gasteiger partial charge in [-0.25, -0.2) is 0 Å². The summed E-state index contributed by atoms with van der Waals surface area (Å²) in [7, 11) is 0. The second-order valence-electron chi connectivity index (χ2n) is 7.54. The summed E-state index contributed by atoms with van der Waals surface area (Å²) in [6.45, 7) is 4.06. The Morgan fingerprint density at radius 1 is 1.08 bits per heavy atom. The Kier molecular flexibility index (Phi) is 4.86. The molecule has 0 spiro atoms. The third-order valence-electron chi connectivity index (χ3n) is 5.92. The van der Waals surface area contributed by atoms with Crippen molar-refractivity contribution in [2.24, 2.45) is 17.8 Å². The zero-order valence-electron chi connectivity index (χ0n) is 14.2. The second kappa shape index (κ2) is 7.24. The van der Waals surface area contributed by atoms with Gasteiger partial charge in [0.25, 0.3) is 0 Å². The number of carbonyl (C=O) groups excluding carboxylic acids is 1. The van der Waals surface area contributed by atoms with E-state index < -0.39 is 0 Å². The lowest BCUT2D eigenvalue weighted by Crippen LogP contribution is -2.38. The van der Waals surface area contributed by atoms with Crippen LogP contribution in [0.4, 0.5) is 0 Å². The maximum Gasteiger partial charge on any atom is 0.225 e. The Morgan fingerprint density at radius 2 is 1.75 bits per heavy atom. The van der Waals surface area contributed by atoms with Crippen molar-refractivity contribution in [1.29, 1.82) is 0 Å². The molecule has 2 saturated heterocycles. The van der Waals surface area contributed by atoms with E-state index >= 15 is 0 Å². The minimum Gasteiger partial charge on any atom is -0.381 e. The standard InChI is InChI=1S/C20H27NO3/c22-20(16-6-8-23-9-7-16)21-12-17-10-19(11-18(17)13-21)24-14-15-4-2-1-3-5-15/h1-5,16-19H,6-14H2/t17-,18+,19?. The summed E-state index contributed by atoms with van der Waals surface area (Å²) in [4.78, 5) is 14.8. The van der Waals surface area contributed by atoms with Crippen molar-refractivity contribution < 1.29 is 14.3 Å². The van der Waals surface area contributed by atoms with Crippen molar-refractivity contribution in [3.63, 3.8) is 0 Å². The molecule has 130 valence electrons. The van der Waals surface area contributed by atoms with Gasteiger partial charge in [0.1, 0.15) is 0 Å². The number of likely N-dealkylation sites (tertiary alicyclic amines) is 1. The molecule has 0 radical (unpaired) electrons. The molecule has 24 heavy (non-hydrogen) atoms. The molecule has 2 aliphatic heterocycles. The molecule has 4 rings (SSSR count). The highest BCUT2D eigenvalue weighted by molar-refractivity contribution is 5.79. The van der Waals surface area contributed by atoms with Gasteiger partial charge in [0.2, 0.25) is 5.91 Å². The van der Waals surface area contributed by atoms with Crippen LogP contribution in [0, 0.1) is 17.8 Å². The quantitative estimate of drug-likeness (QED) is 0.852. The van der Waals surface area contributed by atoms with Gasteiger partial charge in [0, 0.05) is 32.2 Å². The molecule has 0 bridgehead atoms. The molecule has 1 saturated carbocycles. The van der Waals surface area contributed by atoms with E-state index in [1.165, 1.54) is 5.56 Å². The van der Waals surface area contributed by atoms with Gasteiger partial charge in [0.15, 0.2) is 0 Å². The number of amides is 1. The van der Waals surface area contributed by atoms with E-state index in [9.17, 15) is 4.79 Å². The van der Waals surface area contributed by atoms with Gasteiger partial charge in [0.05, 0.1) is 12.7 Å². The van der Waals surface area contributed by atoms with Gasteiger partial charge in [-0.2, -0.15) is 0 Å². The minimum atomic E-state index is 0.197. The van der Waals surface area contributed by atoms with Crippen molar-refractivity contribution >= 4 is 5.91 Å². The Hall–Kier alpha value is -1.39. The van der Waals surface area contributed by atoms with E-state index in [4.69, 9.17) is 9.47 Å². The van der Waals surface area contributed by atoms with Crippen LogP contribution in [0.1, 0.15) is 31.2 Å².